The number of hydrogen-bond donors (Lipinski definition) is 1. The number of aromatic nitrogens is 2. The molecule has 0 amide bonds. The lowest BCUT2D eigenvalue weighted by Crippen LogP contribution is -2.36. The maximum Gasteiger partial charge on any atom is 0.163 e. The summed E-state index contributed by atoms with van der Waals surface area (Å²) < 4.78 is 17.2. The van der Waals surface area contributed by atoms with Crippen LogP contribution in [0.2, 0.25) is 0 Å². The van der Waals surface area contributed by atoms with Crippen molar-refractivity contribution >= 4 is 38.7 Å². The number of nitrogens with one attached hydrogen (secondary N) is 1. The van der Waals surface area contributed by atoms with E-state index in [0.717, 1.165) is 54.7 Å². The van der Waals surface area contributed by atoms with Crippen LogP contribution in [0.15, 0.2) is 22.9 Å². The van der Waals surface area contributed by atoms with Crippen LogP contribution in [0.5, 0.6) is 0 Å². The lowest BCUT2D eigenvalue weighted by molar-refractivity contribution is -0.136. The van der Waals surface area contributed by atoms with Gasteiger partial charge in [-0.15, -0.1) is 22.7 Å². The number of ether oxygens (including phenoxy) is 3. The minimum absolute atomic E-state index is 0.00321. The second kappa shape index (κ2) is 8.49. The number of fused-ring (bicyclic) bond motifs is 1. The Hall–Kier alpha value is -1.62. The molecule has 9 heteroatoms. The van der Waals surface area contributed by atoms with Crippen molar-refractivity contribution in [2.24, 2.45) is 0 Å². The normalized spacial score (nSPS) is 22.0. The summed E-state index contributed by atoms with van der Waals surface area (Å²) in [6, 6.07) is 4.23. The minimum Gasteiger partial charge on any atom is -0.379 e. The average Bonchev–Trinajstić information content (AvgIpc) is 3.46. The maximum absolute atomic E-state index is 5.97. The largest absolute Gasteiger partial charge is 0.379 e. The number of rotatable bonds is 6. The van der Waals surface area contributed by atoms with Crippen molar-refractivity contribution in [2.45, 2.75) is 32.3 Å². The maximum atomic E-state index is 5.97. The van der Waals surface area contributed by atoms with Gasteiger partial charge < -0.3 is 19.5 Å². The highest BCUT2D eigenvalue weighted by Crippen LogP contribution is 2.39. The second-order valence-electron chi connectivity index (χ2n) is 8.02. The van der Waals surface area contributed by atoms with Crippen molar-refractivity contribution in [3.63, 3.8) is 0 Å². The van der Waals surface area contributed by atoms with Gasteiger partial charge in [-0.05, 0) is 25.3 Å². The van der Waals surface area contributed by atoms with Gasteiger partial charge in [0.1, 0.15) is 22.6 Å². The van der Waals surface area contributed by atoms with Gasteiger partial charge in [-0.3, -0.25) is 4.90 Å². The zero-order valence-corrected chi connectivity index (χ0v) is 18.9. The molecule has 3 aromatic heterocycles. The van der Waals surface area contributed by atoms with E-state index in [2.05, 4.69) is 33.1 Å². The van der Waals surface area contributed by atoms with Crippen LogP contribution >= 0.6 is 22.7 Å². The van der Waals surface area contributed by atoms with Crippen molar-refractivity contribution in [1.82, 2.24) is 14.9 Å². The van der Waals surface area contributed by atoms with Gasteiger partial charge in [-0.2, -0.15) is 0 Å². The average molecular weight is 447 g/mol. The van der Waals surface area contributed by atoms with Crippen molar-refractivity contribution < 1.29 is 14.2 Å². The SMILES string of the molecule is CC1(C)OCC(CNc2nc(CN3CCOCC3)nc3scc(-c4cccs4)c23)O1. The highest BCUT2D eigenvalue weighted by molar-refractivity contribution is 7.18. The van der Waals surface area contributed by atoms with Crippen LogP contribution in [0.1, 0.15) is 19.7 Å². The van der Waals surface area contributed by atoms with Crippen LogP contribution in [0.3, 0.4) is 0 Å². The van der Waals surface area contributed by atoms with E-state index in [1.54, 1.807) is 22.7 Å². The van der Waals surface area contributed by atoms with E-state index in [9.17, 15) is 0 Å². The molecule has 2 fully saturated rings. The van der Waals surface area contributed by atoms with Gasteiger partial charge in [0.25, 0.3) is 0 Å². The third-order valence-electron chi connectivity index (χ3n) is 5.30. The molecule has 1 unspecified atom stereocenters. The van der Waals surface area contributed by atoms with Crippen LogP contribution in [0.25, 0.3) is 20.7 Å². The van der Waals surface area contributed by atoms with E-state index < -0.39 is 5.79 Å². The topological polar surface area (TPSA) is 68.7 Å². The lowest BCUT2D eigenvalue weighted by Gasteiger charge is -2.26. The molecule has 0 saturated carbocycles. The van der Waals surface area contributed by atoms with Crippen LogP contribution in [-0.4, -0.2) is 66.2 Å². The standard InChI is InChI=1S/C21H26N4O3S2/c1-21(2)27-12-14(28-21)10-22-19-18-15(16-4-3-9-29-16)13-30-20(18)24-17(23-19)11-25-5-7-26-8-6-25/h3-4,9,13-14H,5-8,10-12H2,1-2H3,(H,22,23,24). The molecule has 3 aromatic rings. The number of anilines is 1. The van der Waals surface area contributed by atoms with Gasteiger partial charge in [0.05, 0.1) is 31.8 Å². The molecule has 2 aliphatic heterocycles. The molecule has 5 rings (SSSR count). The molecule has 1 N–H and O–H groups in total. The van der Waals surface area contributed by atoms with Crippen LogP contribution < -0.4 is 5.32 Å². The minimum atomic E-state index is -0.528. The van der Waals surface area contributed by atoms with Gasteiger partial charge in [0, 0.05) is 35.5 Å². The zero-order chi connectivity index (χ0) is 20.6. The summed E-state index contributed by atoms with van der Waals surface area (Å²) in [5.74, 6) is 1.19. The zero-order valence-electron chi connectivity index (χ0n) is 17.2. The van der Waals surface area contributed by atoms with Gasteiger partial charge in [0.15, 0.2) is 5.79 Å². The quantitative estimate of drug-likeness (QED) is 0.617. The molecular weight excluding hydrogens is 420 g/mol. The molecule has 0 radical (unpaired) electrons. The fourth-order valence-corrected chi connectivity index (χ4v) is 5.61. The molecule has 0 aromatic carbocycles. The Morgan fingerprint density at radius 3 is 2.83 bits per heavy atom. The summed E-state index contributed by atoms with van der Waals surface area (Å²) in [5, 5.41) is 8.92. The first kappa shape index (κ1) is 20.3. The molecule has 0 aliphatic carbocycles. The van der Waals surface area contributed by atoms with Gasteiger partial charge in [-0.25, -0.2) is 9.97 Å². The number of morpholine rings is 1. The predicted octanol–water partition coefficient (Wildman–Crippen LogP) is 3.82. The smallest absolute Gasteiger partial charge is 0.163 e. The highest BCUT2D eigenvalue weighted by Gasteiger charge is 2.32. The van der Waals surface area contributed by atoms with Crippen molar-refractivity contribution in [2.75, 3.05) is 44.8 Å². The summed E-state index contributed by atoms with van der Waals surface area (Å²) >= 11 is 3.41. The van der Waals surface area contributed by atoms with Crippen molar-refractivity contribution in [3.05, 3.63) is 28.7 Å². The monoisotopic (exact) mass is 446 g/mol. The highest BCUT2D eigenvalue weighted by atomic mass is 32.1. The Labute approximate surface area is 184 Å². The summed E-state index contributed by atoms with van der Waals surface area (Å²) in [7, 11) is 0. The summed E-state index contributed by atoms with van der Waals surface area (Å²) in [5.41, 5.74) is 1.19. The number of thiophene rings is 2. The van der Waals surface area contributed by atoms with Crippen LogP contribution in [0, 0.1) is 0 Å². The molecule has 2 aliphatic rings. The Bertz CT molecular complexity index is 999. The Kier molecular flexibility index (Phi) is 5.74. The predicted molar refractivity (Wildman–Crippen MR) is 120 cm³/mol. The van der Waals surface area contributed by atoms with E-state index in [1.165, 1.54) is 10.4 Å². The van der Waals surface area contributed by atoms with Crippen molar-refractivity contribution in [1.29, 1.82) is 0 Å². The molecular formula is C21H26N4O3S2. The molecule has 5 heterocycles. The Balaban J connectivity index is 1.45. The summed E-state index contributed by atoms with van der Waals surface area (Å²) in [4.78, 5) is 14.4. The first-order chi connectivity index (χ1) is 14.6. The third kappa shape index (κ3) is 4.37. The first-order valence-electron chi connectivity index (χ1n) is 10.3. The second-order valence-corrected chi connectivity index (χ2v) is 9.82. The van der Waals surface area contributed by atoms with E-state index >= 15 is 0 Å². The van der Waals surface area contributed by atoms with Crippen molar-refractivity contribution in [3.8, 4) is 10.4 Å². The Morgan fingerprint density at radius 2 is 2.10 bits per heavy atom. The number of hydrogen-bond acceptors (Lipinski definition) is 9. The molecule has 0 spiro atoms. The third-order valence-corrected chi connectivity index (χ3v) is 7.08. The molecule has 7 nitrogen and oxygen atoms in total. The van der Waals surface area contributed by atoms with E-state index in [1.807, 2.05) is 13.8 Å². The lowest BCUT2D eigenvalue weighted by atomic mass is 10.2. The fourth-order valence-electron chi connectivity index (χ4n) is 3.83. The Morgan fingerprint density at radius 1 is 1.23 bits per heavy atom. The first-order valence-corrected chi connectivity index (χ1v) is 12.0. The number of nitrogens with zero attached hydrogens (tertiary/aromatic N) is 3. The van der Waals surface area contributed by atoms with Crippen LogP contribution in [-0.2, 0) is 20.8 Å². The van der Waals surface area contributed by atoms with E-state index in [0.29, 0.717) is 13.2 Å². The molecule has 160 valence electrons. The molecule has 1 atom stereocenters. The van der Waals surface area contributed by atoms with E-state index in [-0.39, 0.29) is 6.10 Å². The summed E-state index contributed by atoms with van der Waals surface area (Å²) in [6.45, 7) is 9.22. The molecule has 0 bridgehead atoms. The van der Waals surface area contributed by atoms with Gasteiger partial charge in [0.2, 0.25) is 0 Å². The van der Waals surface area contributed by atoms with Crippen LogP contribution in [0.4, 0.5) is 5.82 Å². The van der Waals surface area contributed by atoms with E-state index in [4.69, 9.17) is 24.2 Å². The summed E-state index contributed by atoms with van der Waals surface area (Å²) in [6.07, 6.45) is -0.00321. The molecule has 30 heavy (non-hydrogen) atoms. The van der Waals surface area contributed by atoms with Gasteiger partial charge in [-0.1, -0.05) is 6.07 Å². The molecule has 2 saturated heterocycles. The fraction of sp³-hybridized carbons (Fsp3) is 0.524. The van der Waals surface area contributed by atoms with Gasteiger partial charge >= 0.3 is 0 Å².